The zero-order valence-corrected chi connectivity index (χ0v) is 11.4. The van der Waals surface area contributed by atoms with E-state index in [1.54, 1.807) is 17.1 Å². The van der Waals surface area contributed by atoms with E-state index in [4.69, 9.17) is 0 Å². The Labute approximate surface area is 112 Å². The van der Waals surface area contributed by atoms with Crippen LogP contribution in [-0.2, 0) is 18.4 Å². The number of rotatable bonds is 4. The molecule has 2 rings (SSSR count). The smallest absolute Gasteiger partial charge is 0.222 e. The van der Waals surface area contributed by atoms with Crippen LogP contribution in [-0.4, -0.2) is 20.7 Å². The highest BCUT2D eigenvalue weighted by molar-refractivity contribution is 5.78. The summed E-state index contributed by atoms with van der Waals surface area (Å²) in [7, 11) is 1.87. The Morgan fingerprint density at radius 2 is 2.26 bits per heavy atom. The van der Waals surface area contributed by atoms with E-state index < -0.39 is 0 Å². The van der Waals surface area contributed by atoms with Gasteiger partial charge in [-0.2, -0.15) is 5.10 Å². The van der Waals surface area contributed by atoms with E-state index in [0.29, 0.717) is 6.54 Å². The van der Waals surface area contributed by atoms with Gasteiger partial charge in [-0.3, -0.25) is 14.5 Å². The van der Waals surface area contributed by atoms with Gasteiger partial charge in [-0.15, -0.1) is 0 Å². The molecule has 2 aromatic heterocycles. The second-order valence-corrected chi connectivity index (χ2v) is 4.79. The number of aromatic nitrogens is 3. The van der Waals surface area contributed by atoms with Crippen LogP contribution in [0, 0.1) is 5.92 Å². The summed E-state index contributed by atoms with van der Waals surface area (Å²) >= 11 is 0. The molecule has 1 N–H and O–H groups in total. The summed E-state index contributed by atoms with van der Waals surface area (Å²) in [6.07, 6.45) is 5.43. The molecule has 0 unspecified atom stereocenters. The zero-order chi connectivity index (χ0) is 13.8. The third kappa shape index (κ3) is 3.19. The van der Waals surface area contributed by atoms with Crippen molar-refractivity contribution >= 4 is 5.91 Å². The lowest BCUT2D eigenvalue weighted by molar-refractivity contribution is -0.124. The average Bonchev–Trinajstić information content (AvgIpc) is 2.82. The zero-order valence-electron chi connectivity index (χ0n) is 11.4. The summed E-state index contributed by atoms with van der Waals surface area (Å²) in [5, 5.41) is 7.06. The maximum Gasteiger partial charge on any atom is 0.222 e. The van der Waals surface area contributed by atoms with Gasteiger partial charge in [0.05, 0.1) is 11.9 Å². The Balaban J connectivity index is 2.20. The second-order valence-electron chi connectivity index (χ2n) is 4.79. The Morgan fingerprint density at radius 1 is 1.47 bits per heavy atom. The lowest BCUT2D eigenvalue weighted by atomic mass is 10.1. The third-order valence-electron chi connectivity index (χ3n) is 2.85. The van der Waals surface area contributed by atoms with Crippen LogP contribution in [0.5, 0.6) is 0 Å². The molecule has 100 valence electrons. The van der Waals surface area contributed by atoms with E-state index in [0.717, 1.165) is 16.8 Å². The van der Waals surface area contributed by atoms with Gasteiger partial charge >= 0.3 is 0 Å². The first-order valence-corrected chi connectivity index (χ1v) is 6.28. The molecule has 19 heavy (non-hydrogen) atoms. The van der Waals surface area contributed by atoms with E-state index in [-0.39, 0.29) is 11.8 Å². The van der Waals surface area contributed by atoms with E-state index >= 15 is 0 Å². The van der Waals surface area contributed by atoms with Gasteiger partial charge in [-0.25, -0.2) is 0 Å². The van der Waals surface area contributed by atoms with Crippen LogP contribution in [0.2, 0.25) is 0 Å². The molecule has 0 aliphatic carbocycles. The fourth-order valence-corrected chi connectivity index (χ4v) is 1.77. The number of carbonyl (C=O) groups excluding carboxylic acids is 1. The van der Waals surface area contributed by atoms with Gasteiger partial charge in [0.25, 0.3) is 0 Å². The minimum Gasteiger partial charge on any atom is -0.352 e. The first-order valence-electron chi connectivity index (χ1n) is 6.28. The molecular formula is C14H18N4O. The molecule has 2 heterocycles. The predicted octanol–water partition coefficient (Wildman–Crippen LogP) is 1.75. The topological polar surface area (TPSA) is 59.8 Å². The molecule has 0 aromatic carbocycles. The summed E-state index contributed by atoms with van der Waals surface area (Å²) in [6, 6.07) is 3.84. The average molecular weight is 258 g/mol. The number of amides is 1. The number of nitrogens with one attached hydrogen (secondary N) is 1. The van der Waals surface area contributed by atoms with Crippen molar-refractivity contribution in [1.82, 2.24) is 20.1 Å². The molecule has 0 saturated carbocycles. The molecule has 2 aromatic rings. The van der Waals surface area contributed by atoms with Gasteiger partial charge < -0.3 is 5.32 Å². The molecule has 1 amide bonds. The number of nitrogens with zero attached hydrogens (tertiary/aromatic N) is 3. The fraction of sp³-hybridized carbons (Fsp3) is 0.357. The van der Waals surface area contributed by atoms with Crippen molar-refractivity contribution in [3.63, 3.8) is 0 Å². The number of carbonyl (C=O) groups is 1. The molecule has 0 fully saturated rings. The van der Waals surface area contributed by atoms with Crippen LogP contribution in [0.4, 0.5) is 0 Å². The van der Waals surface area contributed by atoms with Crippen molar-refractivity contribution in [2.75, 3.05) is 0 Å². The molecule has 5 nitrogen and oxygen atoms in total. The molecule has 0 bridgehead atoms. The van der Waals surface area contributed by atoms with Crippen molar-refractivity contribution in [3.05, 3.63) is 36.3 Å². The number of hydrogen-bond donors (Lipinski definition) is 1. The summed E-state index contributed by atoms with van der Waals surface area (Å²) in [6.45, 7) is 4.23. The first kappa shape index (κ1) is 13.3. The van der Waals surface area contributed by atoms with Crippen LogP contribution in [0.3, 0.4) is 0 Å². The maximum atomic E-state index is 11.6. The normalized spacial score (nSPS) is 10.7. The Hall–Kier alpha value is -2.17. The largest absolute Gasteiger partial charge is 0.352 e. The monoisotopic (exact) mass is 258 g/mol. The van der Waals surface area contributed by atoms with Crippen molar-refractivity contribution < 1.29 is 4.79 Å². The Bertz CT molecular complexity index is 574. The van der Waals surface area contributed by atoms with Crippen LogP contribution >= 0.6 is 0 Å². The van der Waals surface area contributed by atoms with Crippen LogP contribution in [0.15, 0.2) is 30.7 Å². The Kier molecular flexibility index (Phi) is 3.94. The van der Waals surface area contributed by atoms with Crippen molar-refractivity contribution in [1.29, 1.82) is 0 Å². The lowest BCUT2D eigenvalue weighted by Gasteiger charge is -2.10. The molecule has 0 saturated heterocycles. The number of hydrogen-bond acceptors (Lipinski definition) is 3. The highest BCUT2D eigenvalue weighted by Gasteiger charge is 2.10. The van der Waals surface area contributed by atoms with Gasteiger partial charge in [-0.1, -0.05) is 19.9 Å². The second kappa shape index (κ2) is 5.65. The van der Waals surface area contributed by atoms with Gasteiger partial charge in [-0.05, 0) is 11.6 Å². The fourth-order valence-electron chi connectivity index (χ4n) is 1.77. The number of aryl methyl sites for hydroxylation is 1. The quantitative estimate of drug-likeness (QED) is 0.909. The van der Waals surface area contributed by atoms with Gasteiger partial charge in [0.15, 0.2) is 0 Å². The van der Waals surface area contributed by atoms with E-state index in [1.165, 1.54) is 0 Å². The maximum absolute atomic E-state index is 11.6. The van der Waals surface area contributed by atoms with E-state index in [2.05, 4.69) is 15.4 Å². The van der Waals surface area contributed by atoms with Crippen molar-refractivity contribution in [2.45, 2.75) is 20.4 Å². The number of pyridine rings is 1. The van der Waals surface area contributed by atoms with Gasteiger partial charge in [0.2, 0.25) is 5.91 Å². The molecule has 0 radical (unpaired) electrons. The van der Waals surface area contributed by atoms with E-state index in [9.17, 15) is 4.79 Å². The third-order valence-corrected chi connectivity index (χ3v) is 2.85. The summed E-state index contributed by atoms with van der Waals surface area (Å²) < 4.78 is 1.74. The summed E-state index contributed by atoms with van der Waals surface area (Å²) in [5.41, 5.74) is 2.81. The summed E-state index contributed by atoms with van der Waals surface area (Å²) in [5.74, 6) is 0.0273. The standard InChI is InChI=1S/C14H18N4O/c1-10(2)14(19)16-7-11-5-4-6-15-13(11)12-8-17-18(3)9-12/h4-6,8-10H,7H2,1-3H3,(H,16,19). The minimum absolute atomic E-state index is 0.0153. The lowest BCUT2D eigenvalue weighted by Crippen LogP contribution is -2.27. The molecule has 0 atom stereocenters. The summed E-state index contributed by atoms with van der Waals surface area (Å²) in [4.78, 5) is 16.0. The predicted molar refractivity (Wildman–Crippen MR) is 73.1 cm³/mol. The van der Waals surface area contributed by atoms with Crippen molar-refractivity contribution in [3.8, 4) is 11.3 Å². The first-order chi connectivity index (χ1) is 9.08. The van der Waals surface area contributed by atoms with Crippen molar-refractivity contribution in [2.24, 2.45) is 13.0 Å². The molecular weight excluding hydrogens is 240 g/mol. The highest BCUT2D eigenvalue weighted by atomic mass is 16.1. The van der Waals surface area contributed by atoms with Crippen LogP contribution < -0.4 is 5.32 Å². The van der Waals surface area contributed by atoms with Gasteiger partial charge in [0.1, 0.15) is 0 Å². The molecule has 0 spiro atoms. The Morgan fingerprint density at radius 3 is 2.89 bits per heavy atom. The van der Waals surface area contributed by atoms with E-state index in [1.807, 2.05) is 39.2 Å². The van der Waals surface area contributed by atoms with Crippen LogP contribution in [0.25, 0.3) is 11.3 Å². The molecule has 0 aliphatic rings. The minimum atomic E-state index is -0.0153. The molecule has 5 heteroatoms. The van der Waals surface area contributed by atoms with Crippen LogP contribution in [0.1, 0.15) is 19.4 Å². The SMILES string of the molecule is CC(C)C(=O)NCc1cccnc1-c1cnn(C)c1. The molecule has 0 aliphatic heterocycles. The van der Waals surface area contributed by atoms with Gasteiger partial charge in [0, 0.05) is 37.5 Å². The highest BCUT2D eigenvalue weighted by Crippen LogP contribution is 2.20.